The van der Waals surface area contributed by atoms with Gasteiger partial charge in [0.15, 0.2) is 17.8 Å². The maximum absolute atomic E-state index is 5.65. The Balaban J connectivity index is 2.21. The van der Waals surface area contributed by atoms with E-state index in [1.165, 1.54) is 0 Å². The number of benzene rings is 1. The van der Waals surface area contributed by atoms with Crippen molar-refractivity contribution >= 4 is 0 Å². The SMILES string of the molecule is COc1cc(C2OCC2(C)C)ccc1OC(C)OC. The van der Waals surface area contributed by atoms with Crippen molar-refractivity contribution in [2.45, 2.75) is 33.2 Å². The standard InChI is InChI=1S/C15H22O4/c1-10(16-4)19-12-7-6-11(8-13(12)17-5)14-15(2,3)9-18-14/h6-8,10,14H,9H2,1-5H3. The fraction of sp³-hybridized carbons (Fsp3) is 0.600. The Kier molecular flexibility index (Phi) is 4.02. The number of rotatable bonds is 5. The highest BCUT2D eigenvalue weighted by molar-refractivity contribution is 5.44. The third-order valence-corrected chi connectivity index (χ3v) is 3.45. The zero-order chi connectivity index (χ0) is 14.0. The first-order valence-corrected chi connectivity index (χ1v) is 6.47. The molecule has 0 amide bonds. The number of hydrogen-bond acceptors (Lipinski definition) is 4. The second-order valence-electron chi connectivity index (χ2n) is 5.51. The second-order valence-corrected chi connectivity index (χ2v) is 5.51. The van der Waals surface area contributed by atoms with Crippen molar-refractivity contribution in [3.63, 3.8) is 0 Å². The van der Waals surface area contributed by atoms with Crippen molar-refractivity contribution in [1.82, 2.24) is 0 Å². The average Bonchev–Trinajstić information content (AvgIpc) is 2.39. The Morgan fingerprint density at radius 1 is 1.26 bits per heavy atom. The fourth-order valence-electron chi connectivity index (χ4n) is 2.22. The summed E-state index contributed by atoms with van der Waals surface area (Å²) in [5.41, 5.74) is 1.29. The van der Waals surface area contributed by atoms with Crippen LogP contribution < -0.4 is 9.47 Å². The van der Waals surface area contributed by atoms with Crippen molar-refractivity contribution < 1.29 is 18.9 Å². The smallest absolute Gasteiger partial charge is 0.196 e. The predicted molar refractivity (Wildman–Crippen MR) is 72.6 cm³/mol. The zero-order valence-electron chi connectivity index (χ0n) is 12.2. The average molecular weight is 266 g/mol. The highest BCUT2D eigenvalue weighted by Crippen LogP contribution is 2.47. The van der Waals surface area contributed by atoms with Crippen molar-refractivity contribution in [3.05, 3.63) is 23.8 Å². The van der Waals surface area contributed by atoms with Gasteiger partial charge in [-0.25, -0.2) is 0 Å². The molecule has 0 bridgehead atoms. The maximum atomic E-state index is 5.65. The summed E-state index contributed by atoms with van der Waals surface area (Å²) in [7, 11) is 3.24. The zero-order valence-corrected chi connectivity index (χ0v) is 12.2. The van der Waals surface area contributed by atoms with Crippen LogP contribution in [0.3, 0.4) is 0 Å². The van der Waals surface area contributed by atoms with E-state index in [2.05, 4.69) is 13.8 Å². The van der Waals surface area contributed by atoms with Crippen molar-refractivity contribution in [2.24, 2.45) is 5.41 Å². The Labute approximate surface area is 114 Å². The molecule has 0 spiro atoms. The quantitative estimate of drug-likeness (QED) is 0.767. The number of hydrogen-bond donors (Lipinski definition) is 0. The molecule has 2 unspecified atom stereocenters. The molecule has 0 aliphatic carbocycles. The van der Waals surface area contributed by atoms with Crippen molar-refractivity contribution in [3.8, 4) is 11.5 Å². The van der Waals surface area contributed by atoms with Gasteiger partial charge in [0.2, 0.25) is 0 Å². The fourth-order valence-corrected chi connectivity index (χ4v) is 2.22. The summed E-state index contributed by atoms with van der Waals surface area (Å²) in [5.74, 6) is 1.38. The normalized spacial score (nSPS) is 22.5. The Hall–Kier alpha value is -1.26. The summed E-state index contributed by atoms with van der Waals surface area (Å²) >= 11 is 0. The lowest BCUT2D eigenvalue weighted by molar-refractivity contribution is -0.172. The third kappa shape index (κ3) is 2.85. The van der Waals surface area contributed by atoms with E-state index in [0.717, 1.165) is 12.2 Å². The summed E-state index contributed by atoms with van der Waals surface area (Å²) in [6, 6.07) is 5.90. The van der Waals surface area contributed by atoms with Gasteiger partial charge in [-0.15, -0.1) is 0 Å². The van der Waals surface area contributed by atoms with E-state index >= 15 is 0 Å². The highest BCUT2D eigenvalue weighted by Gasteiger charge is 2.41. The van der Waals surface area contributed by atoms with Crippen molar-refractivity contribution in [1.29, 1.82) is 0 Å². The van der Waals surface area contributed by atoms with E-state index < -0.39 is 0 Å². The van der Waals surface area contributed by atoms with Crippen LogP contribution in [0.2, 0.25) is 0 Å². The van der Waals surface area contributed by atoms with Crippen LogP contribution in [0.15, 0.2) is 18.2 Å². The minimum absolute atomic E-state index is 0.121. The maximum Gasteiger partial charge on any atom is 0.196 e. The Bertz CT molecular complexity index is 442. The third-order valence-electron chi connectivity index (χ3n) is 3.45. The summed E-state index contributed by atoms with van der Waals surface area (Å²) < 4.78 is 21.8. The van der Waals surface area contributed by atoms with Crippen LogP contribution in [0.4, 0.5) is 0 Å². The van der Waals surface area contributed by atoms with Gasteiger partial charge in [-0.1, -0.05) is 19.9 Å². The molecule has 4 heteroatoms. The second kappa shape index (κ2) is 5.39. The lowest BCUT2D eigenvalue weighted by atomic mass is 9.79. The molecule has 0 aromatic heterocycles. The largest absolute Gasteiger partial charge is 0.493 e. The highest BCUT2D eigenvalue weighted by atomic mass is 16.7. The van der Waals surface area contributed by atoms with E-state index in [0.29, 0.717) is 11.5 Å². The molecule has 1 saturated heterocycles. The molecule has 1 aromatic carbocycles. The first-order chi connectivity index (χ1) is 8.97. The van der Waals surface area contributed by atoms with Gasteiger partial charge in [0.1, 0.15) is 0 Å². The van der Waals surface area contributed by atoms with Crippen molar-refractivity contribution in [2.75, 3.05) is 20.8 Å². The van der Waals surface area contributed by atoms with Gasteiger partial charge in [-0.3, -0.25) is 0 Å². The molecule has 106 valence electrons. The summed E-state index contributed by atoms with van der Waals surface area (Å²) in [6.07, 6.45) is -0.188. The predicted octanol–water partition coefficient (Wildman–Crippen LogP) is 3.16. The molecule has 4 nitrogen and oxygen atoms in total. The lowest BCUT2D eigenvalue weighted by Gasteiger charge is -2.44. The first-order valence-electron chi connectivity index (χ1n) is 6.47. The molecule has 1 heterocycles. The van der Waals surface area contributed by atoms with Gasteiger partial charge in [-0.05, 0) is 24.6 Å². The van der Waals surface area contributed by atoms with Gasteiger partial charge in [0.05, 0.1) is 19.8 Å². The molecule has 0 radical (unpaired) electrons. The van der Waals surface area contributed by atoms with E-state index in [1.54, 1.807) is 14.2 Å². The molecule has 19 heavy (non-hydrogen) atoms. The van der Waals surface area contributed by atoms with E-state index in [-0.39, 0.29) is 17.8 Å². The molecule has 2 atom stereocenters. The first kappa shape index (κ1) is 14.2. The number of methoxy groups -OCH3 is 2. The molecular formula is C15H22O4. The van der Waals surface area contributed by atoms with Crippen LogP contribution >= 0.6 is 0 Å². The van der Waals surface area contributed by atoms with Gasteiger partial charge >= 0.3 is 0 Å². The molecule has 0 N–H and O–H groups in total. The molecular weight excluding hydrogens is 244 g/mol. The van der Waals surface area contributed by atoms with Gasteiger partial charge in [0.25, 0.3) is 0 Å². The van der Waals surface area contributed by atoms with Crippen LogP contribution in [-0.4, -0.2) is 27.1 Å². The van der Waals surface area contributed by atoms with Crippen LogP contribution in [-0.2, 0) is 9.47 Å². The van der Waals surface area contributed by atoms with Crippen LogP contribution in [0.25, 0.3) is 0 Å². The molecule has 1 aromatic rings. The van der Waals surface area contributed by atoms with E-state index in [4.69, 9.17) is 18.9 Å². The molecule has 0 saturated carbocycles. The monoisotopic (exact) mass is 266 g/mol. The minimum atomic E-state index is -0.309. The molecule has 2 rings (SSSR count). The van der Waals surface area contributed by atoms with Gasteiger partial charge in [-0.2, -0.15) is 0 Å². The van der Waals surface area contributed by atoms with Gasteiger partial charge < -0.3 is 18.9 Å². The summed E-state index contributed by atoms with van der Waals surface area (Å²) in [4.78, 5) is 0. The molecule has 1 fully saturated rings. The van der Waals surface area contributed by atoms with Crippen LogP contribution in [0.5, 0.6) is 11.5 Å². The van der Waals surface area contributed by atoms with Crippen LogP contribution in [0, 0.1) is 5.41 Å². The summed E-state index contributed by atoms with van der Waals surface area (Å²) in [6.45, 7) is 7.03. The van der Waals surface area contributed by atoms with E-state index in [1.807, 2.05) is 25.1 Å². The Morgan fingerprint density at radius 2 is 2.00 bits per heavy atom. The molecule has 1 aliphatic rings. The Morgan fingerprint density at radius 3 is 2.47 bits per heavy atom. The molecule has 1 aliphatic heterocycles. The lowest BCUT2D eigenvalue weighted by Crippen LogP contribution is -2.40. The number of ether oxygens (including phenoxy) is 4. The van der Waals surface area contributed by atoms with E-state index in [9.17, 15) is 0 Å². The van der Waals surface area contributed by atoms with Gasteiger partial charge in [0, 0.05) is 12.5 Å². The van der Waals surface area contributed by atoms with Crippen LogP contribution in [0.1, 0.15) is 32.4 Å². The topological polar surface area (TPSA) is 36.9 Å². The summed E-state index contributed by atoms with van der Waals surface area (Å²) in [5, 5.41) is 0. The minimum Gasteiger partial charge on any atom is -0.493 e.